The summed E-state index contributed by atoms with van der Waals surface area (Å²) < 4.78 is 11.2. The summed E-state index contributed by atoms with van der Waals surface area (Å²) in [7, 11) is 0. The van der Waals surface area contributed by atoms with Crippen LogP contribution in [0.15, 0.2) is 36.5 Å². The van der Waals surface area contributed by atoms with E-state index in [2.05, 4.69) is 9.97 Å². The van der Waals surface area contributed by atoms with Crippen LogP contribution in [0.25, 0.3) is 0 Å². The Hall–Kier alpha value is -2.27. The highest BCUT2D eigenvalue weighted by Gasteiger charge is 2.17. The molecule has 1 aliphatic rings. The Bertz CT molecular complexity index is 667. The van der Waals surface area contributed by atoms with Crippen LogP contribution in [0.2, 0.25) is 0 Å². The summed E-state index contributed by atoms with van der Waals surface area (Å²) in [4.78, 5) is 20.9. The number of aryl methyl sites for hydroxylation is 1. The van der Waals surface area contributed by atoms with E-state index in [4.69, 9.17) is 9.47 Å². The quantitative estimate of drug-likeness (QED) is 0.767. The van der Waals surface area contributed by atoms with Crippen LogP contribution in [0.3, 0.4) is 0 Å². The van der Waals surface area contributed by atoms with Crippen LogP contribution in [0.4, 0.5) is 0 Å². The Kier molecular flexibility index (Phi) is 4.98. The lowest BCUT2D eigenvalue weighted by Gasteiger charge is -2.11. The highest BCUT2D eigenvalue weighted by atomic mass is 16.5. The van der Waals surface area contributed by atoms with Gasteiger partial charge in [-0.25, -0.2) is 4.98 Å². The average Bonchev–Trinajstić information content (AvgIpc) is 3.07. The van der Waals surface area contributed by atoms with Crippen LogP contribution in [0.5, 0.6) is 5.75 Å². The minimum Gasteiger partial charge on any atom is -0.493 e. The zero-order chi connectivity index (χ0) is 16.1. The third kappa shape index (κ3) is 4.36. The first-order valence-corrected chi connectivity index (χ1v) is 7.83. The van der Waals surface area contributed by atoms with Crippen molar-refractivity contribution in [1.29, 1.82) is 0 Å². The van der Waals surface area contributed by atoms with Gasteiger partial charge in [-0.15, -0.1) is 0 Å². The molecule has 0 saturated carbocycles. The predicted molar refractivity (Wildman–Crippen MR) is 85.7 cm³/mol. The summed E-state index contributed by atoms with van der Waals surface area (Å²) in [6.07, 6.45) is 2.95. The molecule has 5 heteroatoms. The summed E-state index contributed by atoms with van der Waals surface area (Å²) in [5.74, 6) is 1.06. The van der Waals surface area contributed by atoms with Crippen molar-refractivity contribution < 1.29 is 14.3 Å². The van der Waals surface area contributed by atoms with Gasteiger partial charge in [-0.1, -0.05) is 6.07 Å². The highest BCUT2D eigenvalue weighted by Crippen LogP contribution is 2.19. The Morgan fingerprint density at radius 2 is 2.30 bits per heavy atom. The van der Waals surface area contributed by atoms with Gasteiger partial charge in [0, 0.05) is 42.2 Å². The molecule has 1 atom stereocenters. The van der Waals surface area contributed by atoms with Crippen molar-refractivity contribution in [2.75, 3.05) is 19.8 Å². The lowest BCUT2D eigenvalue weighted by atomic mass is 10.1. The van der Waals surface area contributed by atoms with Gasteiger partial charge < -0.3 is 9.47 Å². The molecule has 2 aromatic heterocycles. The third-order valence-corrected chi connectivity index (χ3v) is 3.79. The van der Waals surface area contributed by atoms with Crippen LogP contribution < -0.4 is 4.74 Å². The Labute approximate surface area is 135 Å². The normalized spacial score (nSPS) is 17.2. The van der Waals surface area contributed by atoms with Gasteiger partial charge in [-0.3, -0.25) is 9.78 Å². The standard InChI is InChI=1S/C18H20N2O3/c1-13-8-16(23-12-14-5-7-22-11-14)10-17(20-13)18(21)9-15-4-2-3-6-19-15/h2-4,6,8,10,14H,5,7,9,11-12H2,1H3/t14-/m1/s1. The molecule has 23 heavy (non-hydrogen) atoms. The third-order valence-electron chi connectivity index (χ3n) is 3.79. The number of ketones is 1. The van der Waals surface area contributed by atoms with Gasteiger partial charge in [0.1, 0.15) is 11.4 Å². The van der Waals surface area contributed by atoms with E-state index in [1.165, 1.54) is 0 Å². The minimum absolute atomic E-state index is 0.0542. The second kappa shape index (κ2) is 7.33. The summed E-state index contributed by atoms with van der Waals surface area (Å²) >= 11 is 0. The molecule has 0 aliphatic carbocycles. The van der Waals surface area contributed by atoms with Gasteiger partial charge in [0.25, 0.3) is 0 Å². The van der Waals surface area contributed by atoms with Crippen molar-refractivity contribution in [2.45, 2.75) is 19.8 Å². The summed E-state index contributed by atoms with van der Waals surface area (Å²) in [6, 6.07) is 9.11. The van der Waals surface area contributed by atoms with E-state index >= 15 is 0 Å². The van der Waals surface area contributed by atoms with E-state index in [1.807, 2.05) is 31.2 Å². The molecule has 3 rings (SSSR count). The largest absolute Gasteiger partial charge is 0.493 e. The minimum atomic E-state index is -0.0542. The molecule has 3 heterocycles. The Morgan fingerprint density at radius 3 is 3.04 bits per heavy atom. The molecule has 0 bridgehead atoms. The van der Waals surface area contributed by atoms with Gasteiger partial charge in [0.05, 0.1) is 19.6 Å². The number of ether oxygens (including phenoxy) is 2. The highest BCUT2D eigenvalue weighted by molar-refractivity contribution is 5.95. The second-order valence-electron chi connectivity index (χ2n) is 5.79. The molecule has 1 aliphatic heterocycles. The van der Waals surface area contributed by atoms with E-state index in [-0.39, 0.29) is 12.2 Å². The van der Waals surface area contributed by atoms with Crippen molar-refractivity contribution in [1.82, 2.24) is 9.97 Å². The number of carbonyl (C=O) groups excluding carboxylic acids is 1. The van der Waals surface area contributed by atoms with E-state index < -0.39 is 0 Å². The van der Waals surface area contributed by atoms with Crippen LogP contribution in [-0.4, -0.2) is 35.6 Å². The summed E-state index contributed by atoms with van der Waals surface area (Å²) in [5, 5.41) is 0. The number of rotatable bonds is 6. The molecule has 0 amide bonds. The Morgan fingerprint density at radius 1 is 1.39 bits per heavy atom. The van der Waals surface area contributed by atoms with E-state index in [0.717, 1.165) is 31.0 Å². The number of hydrogen-bond donors (Lipinski definition) is 0. The summed E-state index contributed by atoms with van der Waals surface area (Å²) in [6.45, 7) is 4.02. The Balaban J connectivity index is 1.67. The molecule has 0 unspecified atom stereocenters. The average molecular weight is 312 g/mol. The first-order valence-electron chi connectivity index (χ1n) is 7.83. The number of pyridine rings is 2. The number of Topliss-reactive ketones (excluding diaryl/α,β-unsaturated/α-hetero) is 1. The molecule has 120 valence electrons. The zero-order valence-corrected chi connectivity index (χ0v) is 13.2. The van der Waals surface area contributed by atoms with E-state index in [0.29, 0.717) is 24.0 Å². The molecule has 0 N–H and O–H groups in total. The smallest absolute Gasteiger partial charge is 0.187 e. The van der Waals surface area contributed by atoms with Gasteiger partial charge in [0.2, 0.25) is 0 Å². The molecule has 5 nitrogen and oxygen atoms in total. The second-order valence-corrected chi connectivity index (χ2v) is 5.79. The maximum Gasteiger partial charge on any atom is 0.187 e. The van der Waals surface area contributed by atoms with Crippen molar-refractivity contribution >= 4 is 5.78 Å². The number of nitrogens with zero attached hydrogens (tertiary/aromatic N) is 2. The SMILES string of the molecule is Cc1cc(OC[C@@H]2CCOC2)cc(C(=O)Cc2ccccn2)n1. The molecule has 0 aromatic carbocycles. The number of aromatic nitrogens is 2. The van der Waals surface area contributed by atoms with E-state index in [9.17, 15) is 4.79 Å². The van der Waals surface area contributed by atoms with Crippen molar-refractivity contribution in [3.8, 4) is 5.75 Å². The van der Waals surface area contributed by atoms with Crippen molar-refractivity contribution in [3.63, 3.8) is 0 Å². The maximum absolute atomic E-state index is 12.4. The van der Waals surface area contributed by atoms with Gasteiger partial charge in [-0.05, 0) is 25.5 Å². The molecule has 2 aromatic rings. The van der Waals surface area contributed by atoms with Gasteiger partial charge in [0.15, 0.2) is 5.78 Å². The fourth-order valence-electron chi connectivity index (χ4n) is 2.55. The molecular formula is C18H20N2O3. The van der Waals surface area contributed by atoms with Crippen LogP contribution in [0, 0.1) is 12.8 Å². The lowest BCUT2D eigenvalue weighted by molar-refractivity contribution is 0.0986. The van der Waals surface area contributed by atoms with Crippen LogP contribution >= 0.6 is 0 Å². The van der Waals surface area contributed by atoms with Gasteiger partial charge >= 0.3 is 0 Å². The molecule has 0 spiro atoms. The molecular weight excluding hydrogens is 292 g/mol. The monoisotopic (exact) mass is 312 g/mol. The number of hydrogen-bond acceptors (Lipinski definition) is 5. The molecule has 1 saturated heterocycles. The first-order chi connectivity index (χ1) is 11.2. The number of carbonyl (C=O) groups is 1. The fourth-order valence-corrected chi connectivity index (χ4v) is 2.55. The fraction of sp³-hybridized carbons (Fsp3) is 0.389. The van der Waals surface area contributed by atoms with E-state index in [1.54, 1.807) is 12.3 Å². The maximum atomic E-state index is 12.4. The topological polar surface area (TPSA) is 61.3 Å². The predicted octanol–water partition coefficient (Wildman–Crippen LogP) is 2.63. The molecule has 0 radical (unpaired) electrons. The molecule has 1 fully saturated rings. The van der Waals surface area contributed by atoms with Crippen LogP contribution in [-0.2, 0) is 11.2 Å². The zero-order valence-electron chi connectivity index (χ0n) is 13.2. The van der Waals surface area contributed by atoms with Gasteiger partial charge in [-0.2, -0.15) is 0 Å². The lowest BCUT2D eigenvalue weighted by Crippen LogP contribution is -2.13. The first kappa shape index (κ1) is 15.6. The summed E-state index contributed by atoms with van der Waals surface area (Å²) in [5.41, 5.74) is 1.94. The van der Waals surface area contributed by atoms with Crippen molar-refractivity contribution in [2.24, 2.45) is 5.92 Å². The van der Waals surface area contributed by atoms with Crippen molar-refractivity contribution in [3.05, 3.63) is 53.6 Å². The van der Waals surface area contributed by atoms with Crippen LogP contribution in [0.1, 0.15) is 28.3 Å².